The highest BCUT2D eigenvalue weighted by molar-refractivity contribution is 7.89. The molecule has 3 aromatic rings. The fourth-order valence-corrected chi connectivity index (χ4v) is 4.98. The molecular weight excluding hydrogens is 406 g/mol. The first kappa shape index (κ1) is 20.4. The Bertz CT molecular complexity index is 1120. The van der Waals surface area contributed by atoms with Gasteiger partial charge in [-0.05, 0) is 54.8 Å². The highest BCUT2D eigenvalue weighted by atomic mass is 32.2. The van der Waals surface area contributed by atoms with E-state index in [0.29, 0.717) is 48.3 Å². The van der Waals surface area contributed by atoms with Crippen molar-refractivity contribution in [3.8, 4) is 22.9 Å². The lowest BCUT2D eigenvalue weighted by molar-refractivity contribution is 0.354. The van der Waals surface area contributed by atoms with E-state index >= 15 is 0 Å². The molecule has 0 spiro atoms. The van der Waals surface area contributed by atoms with Gasteiger partial charge in [0, 0.05) is 18.7 Å². The van der Waals surface area contributed by atoms with Crippen LogP contribution in [-0.4, -0.2) is 50.2 Å². The van der Waals surface area contributed by atoms with Crippen LogP contribution >= 0.6 is 0 Å². The fraction of sp³-hybridized carbons (Fsp3) is 0.333. The Morgan fingerprint density at radius 1 is 1.00 bits per heavy atom. The predicted octanol–water partition coefficient (Wildman–Crippen LogP) is 3.13. The normalized spacial score (nSPS) is 14.7. The van der Waals surface area contributed by atoms with Gasteiger partial charge in [-0.2, -0.15) is 9.29 Å². The van der Waals surface area contributed by atoms with Crippen LogP contribution in [0.25, 0.3) is 11.4 Å². The Labute approximate surface area is 175 Å². The molecule has 0 N–H and O–H groups in total. The van der Waals surface area contributed by atoms with Crippen LogP contribution in [0, 0.1) is 0 Å². The van der Waals surface area contributed by atoms with Gasteiger partial charge in [0.05, 0.1) is 25.5 Å². The fourth-order valence-electron chi connectivity index (χ4n) is 3.46. The van der Waals surface area contributed by atoms with Crippen LogP contribution in [0.3, 0.4) is 0 Å². The van der Waals surface area contributed by atoms with Crippen molar-refractivity contribution in [3.63, 3.8) is 0 Å². The van der Waals surface area contributed by atoms with Crippen LogP contribution in [0.1, 0.15) is 24.3 Å². The van der Waals surface area contributed by atoms with E-state index in [-0.39, 0.29) is 4.90 Å². The number of hydrogen-bond acceptors (Lipinski definition) is 7. The SMILES string of the molecule is COc1ccc(Cc2nc(-c3ccc(S(=O)(=O)N4CCCC4)cc3)no2)cc1OC. The van der Waals surface area contributed by atoms with Gasteiger partial charge in [0.2, 0.25) is 21.7 Å². The van der Waals surface area contributed by atoms with Crippen LogP contribution in [0.15, 0.2) is 51.9 Å². The summed E-state index contributed by atoms with van der Waals surface area (Å²) in [6.07, 6.45) is 2.25. The van der Waals surface area contributed by atoms with Crippen molar-refractivity contribution in [2.45, 2.75) is 24.2 Å². The van der Waals surface area contributed by atoms with E-state index in [9.17, 15) is 8.42 Å². The van der Waals surface area contributed by atoms with Crippen LogP contribution in [0.4, 0.5) is 0 Å². The summed E-state index contributed by atoms with van der Waals surface area (Å²) < 4.78 is 42.8. The number of methoxy groups -OCH3 is 2. The molecule has 2 aromatic carbocycles. The highest BCUT2D eigenvalue weighted by Crippen LogP contribution is 2.29. The van der Waals surface area contributed by atoms with E-state index in [1.807, 2.05) is 18.2 Å². The molecule has 2 heterocycles. The summed E-state index contributed by atoms with van der Waals surface area (Å²) >= 11 is 0. The Kier molecular flexibility index (Phi) is 5.74. The van der Waals surface area contributed by atoms with Crippen molar-refractivity contribution in [1.29, 1.82) is 0 Å². The van der Waals surface area contributed by atoms with Crippen molar-refractivity contribution in [1.82, 2.24) is 14.4 Å². The van der Waals surface area contributed by atoms with Gasteiger partial charge >= 0.3 is 0 Å². The predicted molar refractivity (Wildman–Crippen MR) is 110 cm³/mol. The zero-order valence-corrected chi connectivity index (χ0v) is 17.7. The van der Waals surface area contributed by atoms with Gasteiger partial charge in [-0.15, -0.1) is 0 Å². The summed E-state index contributed by atoms with van der Waals surface area (Å²) in [6, 6.07) is 12.2. The molecule has 1 aliphatic rings. The molecule has 1 fully saturated rings. The maximum absolute atomic E-state index is 12.6. The maximum Gasteiger partial charge on any atom is 0.243 e. The molecule has 1 aromatic heterocycles. The van der Waals surface area contributed by atoms with Gasteiger partial charge in [0.15, 0.2) is 11.5 Å². The number of sulfonamides is 1. The molecule has 9 heteroatoms. The smallest absolute Gasteiger partial charge is 0.243 e. The number of benzene rings is 2. The summed E-state index contributed by atoms with van der Waals surface area (Å²) in [5, 5.41) is 4.03. The van der Waals surface area contributed by atoms with Crippen molar-refractivity contribution >= 4 is 10.0 Å². The zero-order valence-electron chi connectivity index (χ0n) is 16.9. The first-order chi connectivity index (χ1) is 14.5. The van der Waals surface area contributed by atoms with Crippen molar-refractivity contribution in [2.24, 2.45) is 0 Å². The summed E-state index contributed by atoms with van der Waals surface area (Å²) in [7, 11) is -0.268. The van der Waals surface area contributed by atoms with Gasteiger partial charge in [-0.1, -0.05) is 11.2 Å². The van der Waals surface area contributed by atoms with Crippen LogP contribution in [0.5, 0.6) is 11.5 Å². The number of nitrogens with zero attached hydrogens (tertiary/aromatic N) is 3. The molecule has 4 rings (SSSR count). The second-order valence-corrected chi connectivity index (χ2v) is 8.95. The van der Waals surface area contributed by atoms with Gasteiger partial charge in [0.1, 0.15) is 0 Å². The number of hydrogen-bond donors (Lipinski definition) is 0. The van der Waals surface area contributed by atoms with E-state index in [4.69, 9.17) is 14.0 Å². The minimum atomic E-state index is -3.44. The van der Waals surface area contributed by atoms with E-state index in [1.54, 1.807) is 38.5 Å². The van der Waals surface area contributed by atoms with Gasteiger partial charge in [-0.25, -0.2) is 8.42 Å². The lowest BCUT2D eigenvalue weighted by atomic mass is 10.1. The largest absolute Gasteiger partial charge is 0.493 e. The maximum atomic E-state index is 12.6. The second kappa shape index (κ2) is 8.45. The molecule has 0 unspecified atom stereocenters. The summed E-state index contributed by atoms with van der Waals surface area (Å²) in [4.78, 5) is 4.71. The molecule has 158 valence electrons. The van der Waals surface area contributed by atoms with Crippen LogP contribution < -0.4 is 9.47 Å². The van der Waals surface area contributed by atoms with Gasteiger partial charge in [-0.3, -0.25) is 0 Å². The quantitative estimate of drug-likeness (QED) is 0.569. The molecule has 0 radical (unpaired) electrons. The van der Waals surface area contributed by atoms with E-state index < -0.39 is 10.0 Å². The van der Waals surface area contributed by atoms with E-state index in [2.05, 4.69) is 10.1 Å². The molecule has 0 aliphatic carbocycles. The lowest BCUT2D eigenvalue weighted by Gasteiger charge is -2.15. The minimum Gasteiger partial charge on any atom is -0.493 e. The Hall–Kier alpha value is -2.91. The summed E-state index contributed by atoms with van der Waals surface area (Å²) in [6.45, 7) is 1.16. The Morgan fingerprint density at radius 3 is 2.37 bits per heavy atom. The average Bonchev–Trinajstić information content (AvgIpc) is 3.46. The first-order valence-corrected chi connectivity index (χ1v) is 11.1. The Balaban J connectivity index is 1.50. The standard InChI is InChI=1S/C21H23N3O5S/c1-27-18-10-5-15(13-19(18)28-2)14-20-22-21(23-29-20)16-6-8-17(9-7-16)30(25,26)24-11-3-4-12-24/h5-10,13H,3-4,11-12,14H2,1-2H3. The van der Waals surface area contributed by atoms with Gasteiger partial charge < -0.3 is 14.0 Å². The molecule has 1 saturated heterocycles. The molecule has 0 saturated carbocycles. The monoisotopic (exact) mass is 429 g/mol. The third kappa shape index (κ3) is 4.03. The third-order valence-corrected chi connectivity index (χ3v) is 7.00. The number of aromatic nitrogens is 2. The Morgan fingerprint density at radius 2 is 1.70 bits per heavy atom. The molecule has 1 aliphatic heterocycles. The summed E-state index contributed by atoms with van der Waals surface area (Å²) in [5.74, 6) is 2.14. The zero-order chi connectivity index (χ0) is 21.1. The number of ether oxygens (including phenoxy) is 2. The minimum absolute atomic E-state index is 0.280. The van der Waals surface area contributed by atoms with E-state index in [1.165, 1.54) is 4.31 Å². The lowest BCUT2D eigenvalue weighted by Crippen LogP contribution is -2.27. The molecule has 30 heavy (non-hydrogen) atoms. The first-order valence-electron chi connectivity index (χ1n) is 9.65. The number of rotatable bonds is 7. The molecule has 8 nitrogen and oxygen atoms in total. The second-order valence-electron chi connectivity index (χ2n) is 7.01. The van der Waals surface area contributed by atoms with Crippen molar-refractivity contribution in [2.75, 3.05) is 27.3 Å². The third-order valence-electron chi connectivity index (χ3n) is 5.09. The molecule has 0 atom stereocenters. The van der Waals surface area contributed by atoms with Crippen molar-refractivity contribution < 1.29 is 22.4 Å². The van der Waals surface area contributed by atoms with Gasteiger partial charge in [0.25, 0.3) is 0 Å². The molecular formula is C21H23N3O5S. The highest BCUT2D eigenvalue weighted by Gasteiger charge is 2.27. The molecule has 0 amide bonds. The van der Waals surface area contributed by atoms with Crippen LogP contribution in [0.2, 0.25) is 0 Å². The van der Waals surface area contributed by atoms with Crippen LogP contribution in [-0.2, 0) is 16.4 Å². The summed E-state index contributed by atoms with van der Waals surface area (Å²) in [5.41, 5.74) is 1.63. The topological polar surface area (TPSA) is 94.8 Å². The van der Waals surface area contributed by atoms with E-state index in [0.717, 1.165) is 18.4 Å². The average molecular weight is 429 g/mol. The molecule has 0 bridgehead atoms. The van der Waals surface area contributed by atoms with Crippen molar-refractivity contribution in [3.05, 3.63) is 53.9 Å².